The number of benzene rings is 1. The molecule has 0 bridgehead atoms. The van der Waals surface area contributed by atoms with Gasteiger partial charge in [-0.05, 0) is 6.92 Å². The van der Waals surface area contributed by atoms with Crippen LogP contribution in [0.2, 0.25) is 0 Å². The highest BCUT2D eigenvalue weighted by Gasteiger charge is 2.30. The van der Waals surface area contributed by atoms with Gasteiger partial charge in [-0.3, -0.25) is 0 Å². The molecule has 0 radical (unpaired) electrons. The first kappa shape index (κ1) is 13.5. The highest BCUT2D eigenvalue weighted by Crippen LogP contribution is 2.17. The third-order valence-corrected chi connectivity index (χ3v) is 3.69. The van der Waals surface area contributed by atoms with Crippen LogP contribution in [-0.4, -0.2) is 50.5 Å². The number of hydrogen-bond acceptors (Lipinski definition) is 2. The van der Waals surface area contributed by atoms with E-state index in [2.05, 4.69) is 37.3 Å². The SMILES string of the molecule is CCOCC[N+]1(Cc2ccccc2)CCOCC1. The van der Waals surface area contributed by atoms with Crippen molar-refractivity contribution in [3.63, 3.8) is 0 Å². The number of rotatable bonds is 6. The summed E-state index contributed by atoms with van der Waals surface area (Å²) in [7, 11) is 0. The van der Waals surface area contributed by atoms with Gasteiger partial charge < -0.3 is 14.0 Å². The van der Waals surface area contributed by atoms with Crippen LogP contribution in [0.4, 0.5) is 0 Å². The molecule has 0 unspecified atom stereocenters. The lowest BCUT2D eigenvalue weighted by molar-refractivity contribution is -0.947. The molecule has 2 rings (SSSR count). The van der Waals surface area contributed by atoms with Gasteiger partial charge in [0, 0.05) is 12.2 Å². The zero-order valence-corrected chi connectivity index (χ0v) is 11.3. The van der Waals surface area contributed by atoms with E-state index in [9.17, 15) is 0 Å². The first-order valence-electron chi connectivity index (χ1n) is 6.89. The van der Waals surface area contributed by atoms with Crippen LogP contribution in [0.25, 0.3) is 0 Å². The third kappa shape index (κ3) is 3.80. The van der Waals surface area contributed by atoms with E-state index in [0.29, 0.717) is 0 Å². The first-order valence-corrected chi connectivity index (χ1v) is 6.89. The van der Waals surface area contributed by atoms with Gasteiger partial charge in [0.2, 0.25) is 0 Å². The molecular weight excluding hydrogens is 226 g/mol. The van der Waals surface area contributed by atoms with E-state index in [1.165, 1.54) is 5.56 Å². The molecule has 0 aromatic heterocycles. The number of hydrogen-bond donors (Lipinski definition) is 0. The molecule has 0 saturated carbocycles. The van der Waals surface area contributed by atoms with Crippen molar-refractivity contribution in [3.8, 4) is 0 Å². The largest absolute Gasteiger partial charge is 0.376 e. The summed E-state index contributed by atoms with van der Waals surface area (Å²) in [6.45, 7) is 9.84. The number of morpholine rings is 1. The molecule has 1 saturated heterocycles. The molecule has 1 aliphatic rings. The number of ether oxygens (including phenoxy) is 2. The predicted octanol–water partition coefficient (Wildman–Crippen LogP) is 2.07. The Kier molecular flexibility index (Phi) is 5.17. The molecule has 0 spiro atoms. The molecule has 1 aromatic carbocycles. The summed E-state index contributed by atoms with van der Waals surface area (Å²) < 4.78 is 12.2. The van der Waals surface area contributed by atoms with Gasteiger partial charge in [-0.15, -0.1) is 0 Å². The minimum atomic E-state index is 0.807. The first-order chi connectivity index (χ1) is 8.85. The van der Waals surface area contributed by atoms with Gasteiger partial charge in [-0.25, -0.2) is 0 Å². The van der Waals surface area contributed by atoms with Crippen LogP contribution in [0.1, 0.15) is 12.5 Å². The lowest BCUT2D eigenvalue weighted by atomic mass is 10.1. The lowest BCUT2D eigenvalue weighted by Gasteiger charge is -2.41. The Morgan fingerprint density at radius 1 is 1.17 bits per heavy atom. The molecule has 0 amide bonds. The van der Waals surface area contributed by atoms with Crippen LogP contribution in [0, 0.1) is 0 Å². The van der Waals surface area contributed by atoms with Crippen molar-refractivity contribution in [2.45, 2.75) is 13.5 Å². The second kappa shape index (κ2) is 6.88. The van der Waals surface area contributed by atoms with Crippen LogP contribution < -0.4 is 0 Å². The molecule has 18 heavy (non-hydrogen) atoms. The summed E-state index contributed by atoms with van der Waals surface area (Å²) in [5, 5.41) is 0. The highest BCUT2D eigenvalue weighted by atomic mass is 16.5. The topological polar surface area (TPSA) is 18.5 Å². The maximum atomic E-state index is 5.54. The average molecular weight is 250 g/mol. The Bertz CT molecular complexity index is 334. The summed E-state index contributed by atoms with van der Waals surface area (Å²) in [6, 6.07) is 10.8. The van der Waals surface area contributed by atoms with Crippen molar-refractivity contribution >= 4 is 0 Å². The second-order valence-electron chi connectivity index (χ2n) is 4.97. The molecule has 3 nitrogen and oxygen atoms in total. The standard InChI is InChI=1S/C15H24NO2/c1-2-17-11-8-16(9-12-18-13-10-16)14-15-6-4-3-5-7-15/h3-7H,2,8-14H2,1H3/q+1. The normalized spacial score (nSPS) is 18.7. The van der Waals surface area contributed by atoms with Crippen LogP contribution in [-0.2, 0) is 16.0 Å². The summed E-state index contributed by atoms with van der Waals surface area (Å²) in [6.07, 6.45) is 0. The highest BCUT2D eigenvalue weighted by molar-refractivity contribution is 5.13. The van der Waals surface area contributed by atoms with Crippen molar-refractivity contribution in [2.75, 3.05) is 46.1 Å². The fourth-order valence-corrected chi connectivity index (χ4v) is 2.56. The third-order valence-electron chi connectivity index (χ3n) is 3.69. The summed E-state index contributed by atoms with van der Waals surface area (Å²) >= 11 is 0. The van der Waals surface area contributed by atoms with Gasteiger partial charge in [-0.1, -0.05) is 30.3 Å². The van der Waals surface area contributed by atoms with E-state index >= 15 is 0 Å². The zero-order chi connectivity index (χ0) is 12.7. The summed E-state index contributed by atoms with van der Waals surface area (Å²) in [4.78, 5) is 0. The molecule has 0 N–H and O–H groups in total. The minimum Gasteiger partial charge on any atom is -0.376 e. The van der Waals surface area contributed by atoms with Crippen molar-refractivity contribution in [1.29, 1.82) is 0 Å². The molecule has 1 heterocycles. The van der Waals surface area contributed by atoms with E-state index in [1.54, 1.807) is 0 Å². The van der Waals surface area contributed by atoms with Crippen molar-refractivity contribution in [3.05, 3.63) is 35.9 Å². The molecule has 0 aliphatic carbocycles. The monoisotopic (exact) mass is 250 g/mol. The Balaban J connectivity index is 1.99. The Morgan fingerprint density at radius 2 is 1.89 bits per heavy atom. The molecule has 100 valence electrons. The van der Waals surface area contributed by atoms with Gasteiger partial charge in [-0.2, -0.15) is 0 Å². The number of quaternary nitrogens is 1. The van der Waals surface area contributed by atoms with Crippen LogP contribution in [0.3, 0.4) is 0 Å². The summed E-state index contributed by atoms with van der Waals surface area (Å²) in [5.41, 5.74) is 1.41. The molecule has 1 aromatic rings. The quantitative estimate of drug-likeness (QED) is 0.568. The van der Waals surface area contributed by atoms with Gasteiger partial charge in [0.15, 0.2) is 0 Å². The van der Waals surface area contributed by atoms with Crippen LogP contribution in [0.5, 0.6) is 0 Å². The van der Waals surface area contributed by atoms with Crippen LogP contribution >= 0.6 is 0 Å². The van der Waals surface area contributed by atoms with Gasteiger partial charge >= 0.3 is 0 Å². The predicted molar refractivity (Wildman–Crippen MR) is 72.3 cm³/mol. The number of nitrogens with zero attached hydrogens (tertiary/aromatic N) is 1. The Labute approximate surface area is 110 Å². The molecule has 1 aliphatic heterocycles. The molecule has 0 atom stereocenters. The second-order valence-corrected chi connectivity index (χ2v) is 4.97. The van der Waals surface area contributed by atoms with E-state index in [0.717, 1.165) is 57.1 Å². The van der Waals surface area contributed by atoms with E-state index in [1.807, 2.05) is 0 Å². The Morgan fingerprint density at radius 3 is 2.56 bits per heavy atom. The maximum absolute atomic E-state index is 5.54. The van der Waals surface area contributed by atoms with E-state index in [4.69, 9.17) is 9.47 Å². The van der Waals surface area contributed by atoms with Crippen LogP contribution in [0.15, 0.2) is 30.3 Å². The Hall–Kier alpha value is -0.900. The minimum absolute atomic E-state index is 0.807. The van der Waals surface area contributed by atoms with Gasteiger partial charge in [0.25, 0.3) is 0 Å². The maximum Gasteiger partial charge on any atom is 0.105 e. The zero-order valence-electron chi connectivity index (χ0n) is 11.3. The summed E-state index contributed by atoms with van der Waals surface area (Å²) in [5.74, 6) is 0. The van der Waals surface area contributed by atoms with E-state index < -0.39 is 0 Å². The lowest BCUT2D eigenvalue weighted by Crippen LogP contribution is -2.55. The molecular formula is C15H24NO2+. The van der Waals surface area contributed by atoms with Crippen molar-refractivity contribution in [2.24, 2.45) is 0 Å². The van der Waals surface area contributed by atoms with Gasteiger partial charge in [0.1, 0.15) is 26.2 Å². The van der Waals surface area contributed by atoms with E-state index in [-0.39, 0.29) is 0 Å². The fourth-order valence-electron chi connectivity index (χ4n) is 2.56. The molecule has 3 heteroatoms. The fraction of sp³-hybridized carbons (Fsp3) is 0.600. The average Bonchev–Trinajstić information content (AvgIpc) is 2.41. The molecule has 1 fully saturated rings. The smallest absolute Gasteiger partial charge is 0.105 e. The van der Waals surface area contributed by atoms with Gasteiger partial charge in [0.05, 0.1) is 19.8 Å². The van der Waals surface area contributed by atoms with Crippen molar-refractivity contribution < 1.29 is 14.0 Å². The van der Waals surface area contributed by atoms with Crippen molar-refractivity contribution in [1.82, 2.24) is 0 Å².